The molecule has 1 unspecified atom stereocenters. The van der Waals surface area contributed by atoms with Gasteiger partial charge in [0.2, 0.25) is 5.78 Å². The zero-order chi connectivity index (χ0) is 20.1. The molecule has 2 heterocycles. The molecule has 1 saturated heterocycles. The zero-order valence-corrected chi connectivity index (χ0v) is 17.6. The van der Waals surface area contributed by atoms with Crippen molar-refractivity contribution in [3.8, 4) is 0 Å². The van der Waals surface area contributed by atoms with Crippen molar-refractivity contribution in [1.82, 2.24) is 9.80 Å². The number of hydrogen-bond acceptors (Lipinski definition) is 4. The second-order valence-corrected chi connectivity index (χ2v) is 9.04. The van der Waals surface area contributed by atoms with E-state index in [2.05, 4.69) is 10.2 Å². The third-order valence-corrected chi connectivity index (χ3v) is 6.95. The van der Waals surface area contributed by atoms with Gasteiger partial charge in [-0.1, -0.05) is 37.5 Å². The molecule has 158 valence electrons. The van der Waals surface area contributed by atoms with Crippen molar-refractivity contribution in [3.63, 3.8) is 0 Å². The Morgan fingerprint density at radius 1 is 1.03 bits per heavy atom. The maximum Gasteiger partial charge on any atom is 0.290 e. The lowest BCUT2D eigenvalue weighted by molar-refractivity contribution is -0.145. The Balaban J connectivity index is 1.40. The molecule has 1 aromatic rings. The average molecular weight is 398 g/mol. The number of benzene rings is 1. The highest BCUT2D eigenvalue weighted by atomic mass is 16.2. The summed E-state index contributed by atoms with van der Waals surface area (Å²) in [6, 6.07) is 7.88. The number of rotatable bonds is 8. The molecule has 2 fully saturated rings. The molecule has 5 heteroatoms. The number of nitrogens with zero attached hydrogens (tertiary/aromatic N) is 2. The molecule has 1 amide bonds. The average Bonchev–Trinajstić information content (AvgIpc) is 3.42. The highest BCUT2D eigenvalue weighted by Crippen LogP contribution is 2.32. The van der Waals surface area contributed by atoms with Gasteiger partial charge >= 0.3 is 0 Å². The molecule has 0 radical (unpaired) electrons. The van der Waals surface area contributed by atoms with Gasteiger partial charge in [-0.15, -0.1) is 0 Å². The first kappa shape index (κ1) is 20.4. The van der Waals surface area contributed by atoms with E-state index in [1.54, 1.807) is 0 Å². The van der Waals surface area contributed by atoms with E-state index in [1.165, 1.54) is 58.0 Å². The van der Waals surface area contributed by atoms with Gasteiger partial charge in [-0.05, 0) is 69.3 Å². The SMILES string of the molecule is O=C(C(=O)N(CCCN1CCCC1)CC1CCCCC1)C1CNc2ccccc21. The maximum atomic E-state index is 13.3. The van der Waals surface area contributed by atoms with Crippen molar-refractivity contribution in [2.45, 2.75) is 57.3 Å². The van der Waals surface area contributed by atoms with Crippen LogP contribution in [0.25, 0.3) is 0 Å². The number of nitrogens with one attached hydrogen (secondary N) is 1. The summed E-state index contributed by atoms with van der Waals surface area (Å²) in [6.07, 6.45) is 9.75. The number of ketones is 1. The molecule has 0 bridgehead atoms. The third-order valence-electron chi connectivity index (χ3n) is 6.95. The van der Waals surface area contributed by atoms with Crippen molar-refractivity contribution < 1.29 is 9.59 Å². The minimum Gasteiger partial charge on any atom is -0.384 e. The van der Waals surface area contributed by atoms with Gasteiger partial charge < -0.3 is 15.1 Å². The van der Waals surface area contributed by atoms with Crippen LogP contribution < -0.4 is 5.32 Å². The number of anilines is 1. The number of amides is 1. The van der Waals surface area contributed by atoms with Gasteiger partial charge in [-0.25, -0.2) is 0 Å². The monoisotopic (exact) mass is 397 g/mol. The Morgan fingerprint density at radius 2 is 1.79 bits per heavy atom. The molecular formula is C24H35N3O2. The lowest BCUT2D eigenvalue weighted by Crippen LogP contribution is -2.43. The molecular weight excluding hydrogens is 362 g/mol. The molecule has 1 saturated carbocycles. The largest absolute Gasteiger partial charge is 0.384 e. The summed E-state index contributed by atoms with van der Waals surface area (Å²) in [5.41, 5.74) is 1.96. The van der Waals surface area contributed by atoms with Crippen LogP contribution in [0.2, 0.25) is 0 Å². The van der Waals surface area contributed by atoms with Crippen LogP contribution in [0.5, 0.6) is 0 Å². The first-order valence-electron chi connectivity index (χ1n) is 11.6. The zero-order valence-electron chi connectivity index (χ0n) is 17.6. The summed E-state index contributed by atoms with van der Waals surface area (Å²) in [5.74, 6) is -0.285. The minimum atomic E-state index is -0.342. The van der Waals surface area contributed by atoms with E-state index in [1.807, 2.05) is 29.2 Å². The first-order chi connectivity index (χ1) is 14.2. The van der Waals surface area contributed by atoms with E-state index < -0.39 is 0 Å². The first-order valence-corrected chi connectivity index (χ1v) is 11.6. The van der Waals surface area contributed by atoms with Crippen LogP contribution in [-0.4, -0.2) is 60.8 Å². The highest BCUT2D eigenvalue weighted by molar-refractivity contribution is 6.38. The topological polar surface area (TPSA) is 52.7 Å². The molecule has 29 heavy (non-hydrogen) atoms. The molecule has 1 aliphatic carbocycles. The second kappa shape index (κ2) is 9.75. The number of carbonyl (C=O) groups excluding carboxylic acids is 2. The van der Waals surface area contributed by atoms with Crippen LogP contribution in [0.15, 0.2) is 24.3 Å². The predicted octanol–water partition coefficient (Wildman–Crippen LogP) is 3.66. The summed E-state index contributed by atoms with van der Waals surface area (Å²) in [5, 5.41) is 3.29. The number of para-hydroxylation sites is 1. The van der Waals surface area contributed by atoms with Crippen molar-refractivity contribution in [1.29, 1.82) is 0 Å². The highest BCUT2D eigenvalue weighted by Gasteiger charge is 2.35. The molecule has 0 spiro atoms. The second-order valence-electron chi connectivity index (χ2n) is 9.04. The molecule has 1 N–H and O–H groups in total. The summed E-state index contributed by atoms with van der Waals surface area (Å²) < 4.78 is 0. The molecule has 1 aromatic carbocycles. The molecule has 5 nitrogen and oxygen atoms in total. The van der Waals surface area contributed by atoms with Gasteiger partial charge in [0.1, 0.15) is 0 Å². The minimum absolute atomic E-state index is 0.237. The lowest BCUT2D eigenvalue weighted by Gasteiger charge is -2.30. The van der Waals surface area contributed by atoms with Crippen LogP contribution in [0.4, 0.5) is 5.69 Å². The van der Waals surface area contributed by atoms with Crippen LogP contribution in [0.1, 0.15) is 62.8 Å². The predicted molar refractivity (Wildman–Crippen MR) is 116 cm³/mol. The fourth-order valence-electron chi connectivity index (χ4n) is 5.27. The summed E-state index contributed by atoms with van der Waals surface area (Å²) >= 11 is 0. The van der Waals surface area contributed by atoms with Gasteiger partial charge in [-0.2, -0.15) is 0 Å². The normalized spacial score (nSPS) is 22.3. The number of Topliss-reactive ketones (excluding diaryl/α,β-unsaturated/α-hetero) is 1. The van der Waals surface area contributed by atoms with Crippen LogP contribution in [0.3, 0.4) is 0 Å². The molecule has 2 aliphatic heterocycles. The molecule has 0 aromatic heterocycles. The number of fused-ring (bicyclic) bond motifs is 1. The van der Waals surface area contributed by atoms with E-state index in [4.69, 9.17) is 0 Å². The van der Waals surface area contributed by atoms with Gasteiger partial charge in [0.15, 0.2) is 0 Å². The number of likely N-dealkylation sites (tertiary alicyclic amines) is 1. The van der Waals surface area contributed by atoms with Crippen molar-refractivity contribution >= 4 is 17.4 Å². The Hall–Kier alpha value is -1.88. The van der Waals surface area contributed by atoms with E-state index >= 15 is 0 Å². The smallest absolute Gasteiger partial charge is 0.290 e. The van der Waals surface area contributed by atoms with E-state index in [0.29, 0.717) is 19.0 Å². The molecule has 4 rings (SSSR count). The van der Waals surface area contributed by atoms with Crippen LogP contribution in [-0.2, 0) is 9.59 Å². The van der Waals surface area contributed by atoms with Crippen LogP contribution in [0, 0.1) is 5.92 Å². The number of hydrogen-bond donors (Lipinski definition) is 1. The van der Waals surface area contributed by atoms with Gasteiger partial charge in [0, 0.05) is 25.3 Å². The fourth-order valence-corrected chi connectivity index (χ4v) is 5.27. The van der Waals surface area contributed by atoms with Crippen molar-refractivity contribution in [2.75, 3.05) is 44.6 Å². The third kappa shape index (κ3) is 5.00. The Morgan fingerprint density at radius 3 is 2.59 bits per heavy atom. The van der Waals surface area contributed by atoms with E-state index in [-0.39, 0.29) is 17.6 Å². The standard InChI is InChI=1S/C24H35N3O2/c28-23(21-17-25-22-12-5-4-11-20(21)22)24(29)27(18-19-9-2-1-3-10-19)16-8-15-26-13-6-7-14-26/h4-5,11-12,19,21,25H,1-3,6-10,13-18H2. The number of carbonyl (C=O) groups is 2. The lowest BCUT2D eigenvalue weighted by atomic mass is 9.88. The van der Waals surface area contributed by atoms with Gasteiger partial charge in [0.05, 0.1) is 5.92 Å². The molecule has 1 atom stereocenters. The Kier molecular flexibility index (Phi) is 6.86. The quantitative estimate of drug-likeness (QED) is 0.680. The van der Waals surface area contributed by atoms with Gasteiger partial charge in [-0.3, -0.25) is 9.59 Å². The van der Waals surface area contributed by atoms with Crippen molar-refractivity contribution in [3.05, 3.63) is 29.8 Å². The summed E-state index contributed by atoms with van der Waals surface area (Å²) in [4.78, 5) is 30.8. The van der Waals surface area contributed by atoms with Crippen molar-refractivity contribution in [2.24, 2.45) is 5.92 Å². The maximum absolute atomic E-state index is 13.3. The Labute approximate surface area is 174 Å². The molecule has 3 aliphatic rings. The summed E-state index contributed by atoms with van der Waals surface area (Å²) in [7, 11) is 0. The van der Waals surface area contributed by atoms with E-state index in [0.717, 1.165) is 30.8 Å². The van der Waals surface area contributed by atoms with Gasteiger partial charge in [0.25, 0.3) is 5.91 Å². The summed E-state index contributed by atoms with van der Waals surface area (Å²) in [6.45, 7) is 5.40. The fraction of sp³-hybridized carbons (Fsp3) is 0.667. The van der Waals surface area contributed by atoms with E-state index in [9.17, 15) is 9.59 Å². The van der Waals surface area contributed by atoms with Crippen LogP contribution >= 0.6 is 0 Å². The Bertz CT molecular complexity index is 708.